The molecule has 0 saturated carbocycles. The molecule has 1 aromatic carbocycles. The molecule has 1 aromatic rings. The maximum absolute atomic E-state index is 12.1. The Hall–Kier alpha value is -1.15. The van der Waals surface area contributed by atoms with Crippen molar-refractivity contribution in [3.63, 3.8) is 0 Å². The highest BCUT2D eigenvalue weighted by Gasteiger charge is 2.37. The highest BCUT2D eigenvalue weighted by molar-refractivity contribution is 6.03. The van der Waals surface area contributed by atoms with Gasteiger partial charge >= 0.3 is 0 Å². The van der Waals surface area contributed by atoms with Gasteiger partial charge in [0.25, 0.3) is 0 Å². The van der Waals surface area contributed by atoms with Gasteiger partial charge in [-0.1, -0.05) is 38.1 Å². The molecule has 0 aromatic heterocycles. The smallest absolute Gasteiger partial charge is 0.180 e. The van der Waals surface area contributed by atoms with Gasteiger partial charge in [-0.2, -0.15) is 0 Å². The molecule has 0 fully saturated rings. The van der Waals surface area contributed by atoms with E-state index in [-0.39, 0.29) is 17.2 Å². The summed E-state index contributed by atoms with van der Waals surface area (Å²) in [4.78, 5) is 12.1. The first-order valence-electron chi connectivity index (χ1n) is 5.37. The van der Waals surface area contributed by atoms with E-state index < -0.39 is 0 Å². The average Bonchev–Trinajstić information content (AvgIpc) is 2.24. The third-order valence-electron chi connectivity index (χ3n) is 3.30. The highest BCUT2D eigenvalue weighted by atomic mass is 16.1. The number of hydrogen-bond donors (Lipinski definition) is 1. The Labute approximate surface area is 90.7 Å². The molecule has 80 valence electrons. The minimum absolute atomic E-state index is 0.0325. The van der Waals surface area contributed by atoms with Gasteiger partial charge in [0.15, 0.2) is 5.78 Å². The third kappa shape index (κ3) is 1.59. The number of Topliss-reactive ketones (excluding diaryl/α,β-unsaturated/α-hetero) is 1. The van der Waals surface area contributed by atoms with Crippen LogP contribution in [0.25, 0.3) is 0 Å². The van der Waals surface area contributed by atoms with Crippen molar-refractivity contribution < 1.29 is 4.79 Å². The molecule has 0 radical (unpaired) electrons. The number of ketones is 1. The molecule has 2 rings (SSSR count). The first-order valence-corrected chi connectivity index (χ1v) is 5.37. The number of benzene rings is 1. The Morgan fingerprint density at radius 1 is 1.33 bits per heavy atom. The van der Waals surface area contributed by atoms with Crippen molar-refractivity contribution >= 4 is 5.78 Å². The van der Waals surface area contributed by atoms with Crippen LogP contribution in [0.15, 0.2) is 24.3 Å². The fraction of sp³-hybridized carbons (Fsp3) is 0.462. The van der Waals surface area contributed by atoms with Crippen LogP contribution in [0.1, 0.15) is 36.2 Å². The summed E-state index contributed by atoms with van der Waals surface area (Å²) in [6.45, 7) is 4.39. The van der Waals surface area contributed by atoms with E-state index >= 15 is 0 Å². The zero-order valence-electron chi connectivity index (χ0n) is 9.50. The van der Waals surface area contributed by atoms with Crippen LogP contribution in [0, 0.1) is 0 Å². The topological polar surface area (TPSA) is 29.1 Å². The minimum atomic E-state index is -0.0325. The van der Waals surface area contributed by atoms with Gasteiger partial charge in [0, 0.05) is 5.56 Å². The van der Waals surface area contributed by atoms with Crippen molar-refractivity contribution in [2.45, 2.75) is 31.7 Å². The van der Waals surface area contributed by atoms with E-state index in [1.165, 1.54) is 5.56 Å². The Morgan fingerprint density at radius 2 is 2.00 bits per heavy atom. The van der Waals surface area contributed by atoms with E-state index in [1.807, 2.05) is 25.2 Å². The van der Waals surface area contributed by atoms with E-state index in [2.05, 4.69) is 25.2 Å². The fourth-order valence-electron chi connectivity index (χ4n) is 2.42. The first kappa shape index (κ1) is 10.4. The predicted octanol–water partition coefficient (Wildman–Crippen LogP) is 2.14. The van der Waals surface area contributed by atoms with Crippen molar-refractivity contribution in [1.29, 1.82) is 0 Å². The molecular weight excluding hydrogens is 186 g/mol. The zero-order valence-corrected chi connectivity index (χ0v) is 9.50. The number of likely N-dealkylation sites (N-methyl/N-ethyl adjacent to an activating group) is 1. The summed E-state index contributed by atoms with van der Waals surface area (Å²) >= 11 is 0. The van der Waals surface area contributed by atoms with Gasteiger partial charge in [-0.05, 0) is 24.4 Å². The molecule has 0 amide bonds. The number of hydrogen-bond acceptors (Lipinski definition) is 2. The second-order valence-electron chi connectivity index (χ2n) is 4.84. The van der Waals surface area contributed by atoms with Gasteiger partial charge < -0.3 is 5.32 Å². The number of nitrogens with one attached hydrogen (secondary N) is 1. The fourth-order valence-corrected chi connectivity index (χ4v) is 2.42. The normalized spacial score (nSPS) is 23.7. The van der Waals surface area contributed by atoms with Crippen LogP contribution in [0.2, 0.25) is 0 Å². The summed E-state index contributed by atoms with van der Waals surface area (Å²) in [7, 11) is 1.85. The molecule has 0 bridgehead atoms. The van der Waals surface area contributed by atoms with E-state index in [9.17, 15) is 4.79 Å². The molecule has 0 aliphatic heterocycles. The maximum Gasteiger partial charge on any atom is 0.180 e. The van der Waals surface area contributed by atoms with Gasteiger partial charge in [-0.15, -0.1) is 0 Å². The van der Waals surface area contributed by atoms with Gasteiger partial charge in [0.2, 0.25) is 0 Å². The second-order valence-corrected chi connectivity index (χ2v) is 4.84. The molecule has 0 saturated heterocycles. The molecule has 1 N–H and O–H groups in total. The zero-order chi connectivity index (χ0) is 11.1. The summed E-state index contributed by atoms with van der Waals surface area (Å²) in [5.41, 5.74) is 2.15. The molecule has 1 atom stereocenters. The van der Waals surface area contributed by atoms with E-state index in [0.717, 1.165) is 12.0 Å². The molecule has 1 aliphatic rings. The summed E-state index contributed by atoms with van der Waals surface area (Å²) in [6, 6.07) is 7.91. The van der Waals surface area contributed by atoms with E-state index in [1.54, 1.807) is 0 Å². The van der Waals surface area contributed by atoms with Gasteiger partial charge in [-0.3, -0.25) is 4.79 Å². The lowest BCUT2D eigenvalue weighted by molar-refractivity contribution is 0.0911. The van der Waals surface area contributed by atoms with Crippen LogP contribution in [-0.4, -0.2) is 18.9 Å². The number of carbonyl (C=O) groups excluding carboxylic acids is 1. The van der Waals surface area contributed by atoms with Crippen molar-refractivity contribution in [2.75, 3.05) is 7.05 Å². The first-order chi connectivity index (χ1) is 7.06. The van der Waals surface area contributed by atoms with Gasteiger partial charge in [0.05, 0.1) is 6.04 Å². The molecular formula is C13H17NO. The third-order valence-corrected chi connectivity index (χ3v) is 3.30. The van der Waals surface area contributed by atoms with Crippen LogP contribution < -0.4 is 5.32 Å². The Balaban J connectivity index is 2.55. The van der Waals surface area contributed by atoms with Crippen molar-refractivity contribution in [2.24, 2.45) is 0 Å². The molecule has 2 nitrogen and oxygen atoms in total. The second kappa shape index (κ2) is 3.46. The Morgan fingerprint density at radius 3 is 2.67 bits per heavy atom. The molecule has 2 heteroatoms. The summed E-state index contributed by atoms with van der Waals surface area (Å²) < 4.78 is 0. The number of rotatable bonds is 1. The lowest BCUT2D eigenvalue weighted by Gasteiger charge is -2.36. The standard InChI is InChI=1S/C13H17NO/c1-13(2)8-11(14-3)12(15)9-6-4-5-7-10(9)13/h4-7,11,14H,8H2,1-3H3. The monoisotopic (exact) mass is 203 g/mol. The van der Waals surface area contributed by atoms with Crippen LogP contribution >= 0.6 is 0 Å². The average molecular weight is 203 g/mol. The largest absolute Gasteiger partial charge is 0.310 e. The maximum atomic E-state index is 12.1. The van der Waals surface area contributed by atoms with Crippen molar-refractivity contribution in [3.05, 3.63) is 35.4 Å². The molecule has 0 spiro atoms. The van der Waals surface area contributed by atoms with E-state index in [4.69, 9.17) is 0 Å². The SMILES string of the molecule is CNC1CC(C)(C)c2ccccc2C1=O. The minimum Gasteiger partial charge on any atom is -0.310 e. The lowest BCUT2D eigenvalue weighted by atomic mass is 9.70. The highest BCUT2D eigenvalue weighted by Crippen LogP contribution is 2.36. The Kier molecular flexibility index (Phi) is 2.39. The quantitative estimate of drug-likeness (QED) is 0.757. The Bertz CT molecular complexity index is 395. The van der Waals surface area contributed by atoms with Crippen LogP contribution in [0.5, 0.6) is 0 Å². The van der Waals surface area contributed by atoms with E-state index in [0.29, 0.717) is 0 Å². The van der Waals surface area contributed by atoms with Gasteiger partial charge in [-0.25, -0.2) is 0 Å². The van der Waals surface area contributed by atoms with Crippen molar-refractivity contribution in [1.82, 2.24) is 5.32 Å². The van der Waals surface area contributed by atoms with Crippen molar-refractivity contribution in [3.8, 4) is 0 Å². The van der Waals surface area contributed by atoms with Gasteiger partial charge in [0.1, 0.15) is 0 Å². The molecule has 0 heterocycles. The summed E-state index contributed by atoms with van der Waals surface area (Å²) in [5.74, 6) is 0.229. The molecule has 15 heavy (non-hydrogen) atoms. The summed E-state index contributed by atoms with van der Waals surface area (Å²) in [6.07, 6.45) is 0.874. The predicted molar refractivity (Wildman–Crippen MR) is 61.3 cm³/mol. The summed E-state index contributed by atoms with van der Waals surface area (Å²) in [5, 5.41) is 3.10. The molecule has 1 aliphatic carbocycles. The molecule has 1 unspecified atom stereocenters. The van der Waals surface area contributed by atoms with Crippen LogP contribution in [0.3, 0.4) is 0 Å². The van der Waals surface area contributed by atoms with Crippen LogP contribution in [0.4, 0.5) is 0 Å². The number of carbonyl (C=O) groups is 1. The van der Waals surface area contributed by atoms with Crippen LogP contribution in [-0.2, 0) is 5.41 Å². The number of fused-ring (bicyclic) bond motifs is 1. The lowest BCUT2D eigenvalue weighted by Crippen LogP contribution is -2.44.